The molecule has 0 heterocycles. The van der Waals surface area contributed by atoms with Crippen molar-refractivity contribution in [3.05, 3.63) is 59.7 Å². The maximum atomic E-state index is 12.5. The van der Waals surface area contributed by atoms with Crippen LogP contribution in [0.2, 0.25) is 0 Å². The van der Waals surface area contributed by atoms with Crippen LogP contribution in [0.5, 0.6) is 0 Å². The number of nitrogens with zero attached hydrogens (tertiary/aromatic N) is 1. The quantitative estimate of drug-likeness (QED) is 0.810. The second kappa shape index (κ2) is 8.01. The van der Waals surface area contributed by atoms with Crippen molar-refractivity contribution in [3.63, 3.8) is 0 Å². The summed E-state index contributed by atoms with van der Waals surface area (Å²) in [6, 6.07) is 13.4. The third-order valence-corrected chi connectivity index (χ3v) is 4.25. The Morgan fingerprint density at radius 2 is 1.77 bits per heavy atom. The lowest BCUT2D eigenvalue weighted by Crippen LogP contribution is -2.24. The van der Waals surface area contributed by atoms with Crippen LogP contribution in [0, 0.1) is 0 Å². The van der Waals surface area contributed by atoms with E-state index in [2.05, 4.69) is 10.0 Å². The number of rotatable bonds is 6. The van der Waals surface area contributed by atoms with Crippen molar-refractivity contribution in [3.8, 4) is 0 Å². The van der Waals surface area contributed by atoms with Gasteiger partial charge in [-0.1, -0.05) is 24.3 Å². The molecule has 0 atom stereocenters. The zero-order valence-electron chi connectivity index (χ0n) is 14.8. The summed E-state index contributed by atoms with van der Waals surface area (Å²) in [5.74, 6) is -0.453. The largest absolute Gasteiger partial charge is 0.342 e. The number of hydrogen-bond acceptors (Lipinski definition) is 4. The molecule has 0 aliphatic rings. The Morgan fingerprint density at radius 1 is 1.08 bits per heavy atom. The smallest absolute Gasteiger partial charge is 0.255 e. The molecular formula is C18H21N3O4S. The highest BCUT2D eigenvalue weighted by atomic mass is 32.2. The monoisotopic (exact) mass is 375 g/mol. The zero-order chi connectivity index (χ0) is 19.3. The van der Waals surface area contributed by atoms with Crippen LogP contribution in [0.15, 0.2) is 48.5 Å². The van der Waals surface area contributed by atoms with Crippen molar-refractivity contribution in [2.24, 2.45) is 0 Å². The predicted molar refractivity (Wildman–Crippen MR) is 101 cm³/mol. The number of benzene rings is 2. The van der Waals surface area contributed by atoms with E-state index in [0.717, 1.165) is 11.8 Å². The molecule has 0 aromatic heterocycles. The minimum absolute atomic E-state index is 0.0781. The summed E-state index contributed by atoms with van der Waals surface area (Å²) in [4.78, 5) is 25.5. The summed E-state index contributed by atoms with van der Waals surface area (Å²) < 4.78 is 25.0. The highest BCUT2D eigenvalue weighted by Gasteiger charge is 2.12. The number of amides is 2. The van der Waals surface area contributed by atoms with Crippen LogP contribution >= 0.6 is 0 Å². The molecule has 2 rings (SSSR count). The summed E-state index contributed by atoms with van der Waals surface area (Å²) in [7, 11) is -1.74. The minimum Gasteiger partial charge on any atom is -0.342 e. The number of nitrogens with one attached hydrogen (secondary N) is 2. The fourth-order valence-corrected chi connectivity index (χ4v) is 2.83. The van der Waals surface area contributed by atoms with Crippen LogP contribution in [-0.2, 0) is 21.4 Å². The lowest BCUT2D eigenvalue weighted by atomic mass is 10.1. The number of para-hydroxylation sites is 1. The van der Waals surface area contributed by atoms with E-state index in [-0.39, 0.29) is 11.8 Å². The van der Waals surface area contributed by atoms with E-state index < -0.39 is 10.0 Å². The molecule has 0 bridgehead atoms. The minimum atomic E-state index is -3.43. The van der Waals surface area contributed by atoms with Gasteiger partial charge in [-0.3, -0.25) is 14.3 Å². The molecule has 2 N–H and O–H groups in total. The molecule has 0 saturated heterocycles. The number of carbonyl (C=O) groups is 2. The fourth-order valence-electron chi connectivity index (χ4n) is 2.28. The van der Waals surface area contributed by atoms with E-state index >= 15 is 0 Å². The molecule has 0 unspecified atom stereocenters. The molecule has 0 spiro atoms. The van der Waals surface area contributed by atoms with E-state index in [1.54, 1.807) is 42.3 Å². The average Bonchev–Trinajstić information content (AvgIpc) is 2.55. The molecule has 2 aromatic rings. The number of hydrogen-bond donors (Lipinski definition) is 2. The van der Waals surface area contributed by atoms with E-state index in [4.69, 9.17) is 0 Å². The van der Waals surface area contributed by atoms with Gasteiger partial charge in [-0.2, -0.15) is 0 Å². The lowest BCUT2D eigenvalue weighted by molar-refractivity contribution is -0.128. The van der Waals surface area contributed by atoms with Crippen LogP contribution in [0.1, 0.15) is 22.8 Å². The molecule has 0 saturated carbocycles. The second-order valence-electron chi connectivity index (χ2n) is 5.94. The summed E-state index contributed by atoms with van der Waals surface area (Å²) in [6.45, 7) is 1.84. The molecular weight excluding hydrogens is 354 g/mol. The van der Waals surface area contributed by atoms with Gasteiger partial charge in [-0.05, 0) is 29.8 Å². The first-order valence-electron chi connectivity index (χ1n) is 7.84. The van der Waals surface area contributed by atoms with Gasteiger partial charge in [-0.25, -0.2) is 8.42 Å². The molecule has 26 heavy (non-hydrogen) atoms. The Balaban J connectivity index is 2.20. The molecule has 7 nitrogen and oxygen atoms in total. The van der Waals surface area contributed by atoms with E-state index in [0.29, 0.717) is 23.5 Å². The summed E-state index contributed by atoms with van der Waals surface area (Å²) in [6.07, 6.45) is 1.04. The van der Waals surface area contributed by atoms with Crippen molar-refractivity contribution in [2.45, 2.75) is 13.5 Å². The fraction of sp³-hybridized carbons (Fsp3) is 0.222. The SMILES string of the molecule is CC(=O)N(C)Cc1ccccc1NC(=O)c1cccc(NS(C)(=O)=O)c1. The Bertz CT molecular complexity index is 926. The van der Waals surface area contributed by atoms with Crippen molar-refractivity contribution < 1.29 is 18.0 Å². The van der Waals surface area contributed by atoms with Gasteiger partial charge in [0, 0.05) is 37.5 Å². The van der Waals surface area contributed by atoms with E-state index in [1.807, 2.05) is 12.1 Å². The van der Waals surface area contributed by atoms with Crippen molar-refractivity contribution in [1.29, 1.82) is 0 Å². The molecule has 0 radical (unpaired) electrons. The summed E-state index contributed by atoms with van der Waals surface area (Å²) >= 11 is 0. The zero-order valence-corrected chi connectivity index (χ0v) is 15.6. The maximum Gasteiger partial charge on any atom is 0.255 e. The third-order valence-electron chi connectivity index (χ3n) is 3.64. The summed E-state index contributed by atoms with van der Waals surface area (Å²) in [5, 5.41) is 2.81. The van der Waals surface area contributed by atoms with Gasteiger partial charge in [0.25, 0.3) is 5.91 Å². The number of anilines is 2. The molecule has 0 aliphatic carbocycles. The summed E-state index contributed by atoms with van der Waals surface area (Å²) in [5.41, 5.74) is 2.01. The second-order valence-corrected chi connectivity index (χ2v) is 7.69. The van der Waals surface area contributed by atoms with Crippen molar-refractivity contribution >= 4 is 33.2 Å². The number of sulfonamides is 1. The lowest BCUT2D eigenvalue weighted by Gasteiger charge is -2.18. The molecule has 138 valence electrons. The molecule has 8 heteroatoms. The van der Waals surface area contributed by atoms with Gasteiger partial charge in [0.2, 0.25) is 15.9 Å². The van der Waals surface area contributed by atoms with Gasteiger partial charge in [0.15, 0.2) is 0 Å². The molecule has 0 fully saturated rings. The van der Waals surface area contributed by atoms with Gasteiger partial charge in [0.05, 0.1) is 6.26 Å². The first kappa shape index (κ1) is 19.5. The van der Waals surface area contributed by atoms with Crippen LogP contribution < -0.4 is 10.0 Å². The van der Waals surface area contributed by atoms with Crippen LogP contribution in [0.25, 0.3) is 0 Å². The first-order chi connectivity index (χ1) is 12.2. The topological polar surface area (TPSA) is 95.6 Å². The third kappa shape index (κ3) is 5.59. The highest BCUT2D eigenvalue weighted by Crippen LogP contribution is 2.19. The van der Waals surface area contributed by atoms with Crippen LogP contribution in [0.4, 0.5) is 11.4 Å². The Labute approximate surface area is 153 Å². The van der Waals surface area contributed by atoms with E-state index in [9.17, 15) is 18.0 Å². The van der Waals surface area contributed by atoms with Crippen LogP contribution in [0.3, 0.4) is 0 Å². The van der Waals surface area contributed by atoms with E-state index in [1.165, 1.54) is 13.0 Å². The van der Waals surface area contributed by atoms with Crippen molar-refractivity contribution in [1.82, 2.24) is 4.90 Å². The molecule has 2 amide bonds. The van der Waals surface area contributed by atoms with Crippen molar-refractivity contribution in [2.75, 3.05) is 23.3 Å². The Hall–Kier alpha value is -2.87. The van der Waals surface area contributed by atoms with Gasteiger partial charge >= 0.3 is 0 Å². The maximum absolute atomic E-state index is 12.5. The predicted octanol–water partition coefficient (Wildman–Crippen LogP) is 2.29. The van der Waals surface area contributed by atoms with Crippen LogP contribution in [-0.4, -0.2) is 38.4 Å². The standard InChI is InChI=1S/C18H21N3O4S/c1-13(22)21(2)12-15-7-4-5-10-17(15)19-18(23)14-8-6-9-16(11-14)20-26(3,24)25/h4-11,20H,12H2,1-3H3,(H,19,23). The normalized spacial score (nSPS) is 10.9. The Kier molecular flexibility index (Phi) is 5.99. The van der Waals surface area contributed by atoms with Gasteiger partial charge < -0.3 is 10.2 Å². The number of carbonyl (C=O) groups excluding carboxylic acids is 2. The molecule has 2 aromatic carbocycles. The molecule has 0 aliphatic heterocycles. The first-order valence-corrected chi connectivity index (χ1v) is 9.73. The Morgan fingerprint density at radius 3 is 2.42 bits per heavy atom. The average molecular weight is 375 g/mol. The van der Waals surface area contributed by atoms with Gasteiger partial charge in [0.1, 0.15) is 0 Å². The highest BCUT2D eigenvalue weighted by molar-refractivity contribution is 7.92. The van der Waals surface area contributed by atoms with Gasteiger partial charge in [-0.15, -0.1) is 0 Å².